The first kappa shape index (κ1) is 16.6. The summed E-state index contributed by atoms with van der Waals surface area (Å²) in [5.41, 5.74) is 2.76. The zero-order valence-corrected chi connectivity index (χ0v) is 14.4. The summed E-state index contributed by atoms with van der Waals surface area (Å²) >= 11 is 0. The highest BCUT2D eigenvalue weighted by atomic mass is 16.2. The molecule has 1 saturated heterocycles. The predicted molar refractivity (Wildman–Crippen MR) is 92.5 cm³/mol. The molecular weight excluding hydrogens is 302 g/mol. The molecule has 0 unspecified atom stereocenters. The number of nitrogens with zero attached hydrogens (tertiary/aromatic N) is 4. The third-order valence-electron chi connectivity index (χ3n) is 4.55. The summed E-state index contributed by atoms with van der Waals surface area (Å²) in [6.07, 6.45) is 5.61. The van der Waals surface area contributed by atoms with Gasteiger partial charge in [-0.1, -0.05) is 13.0 Å². The van der Waals surface area contributed by atoms with E-state index < -0.39 is 0 Å². The molecule has 0 aliphatic carbocycles. The molecule has 24 heavy (non-hydrogen) atoms. The van der Waals surface area contributed by atoms with Crippen LogP contribution in [0.15, 0.2) is 30.6 Å². The van der Waals surface area contributed by atoms with Gasteiger partial charge in [0.05, 0.1) is 0 Å². The molecule has 3 rings (SSSR count). The predicted octanol–water partition coefficient (Wildman–Crippen LogP) is 1.96. The number of hydrogen-bond acceptors (Lipinski definition) is 4. The van der Waals surface area contributed by atoms with E-state index in [0.29, 0.717) is 11.6 Å². The van der Waals surface area contributed by atoms with Gasteiger partial charge in [-0.05, 0) is 43.5 Å². The number of rotatable bonds is 6. The van der Waals surface area contributed by atoms with Crippen molar-refractivity contribution in [3.05, 3.63) is 47.5 Å². The topological polar surface area (TPSA) is 65.1 Å². The van der Waals surface area contributed by atoms with E-state index in [1.807, 2.05) is 30.2 Å². The Hall–Kier alpha value is -2.21. The van der Waals surface area contributed by atoms with Gasteiger partial charge in [-0.3, -0.25) is 14.9 Å². The Balaban J connectivity index is 1.50. The second-order valence-electron chi connectivity index (χ2n) is 6.60. The van der Waals surface area contributed by atoms with Crippen LogP contribution >= 0.6 is 0 Å². The van der Waals surface area contributed by atoms with Crippen molar-refractivity contribution in [2.75, 3.05) is 26.7 Å². The fourth-order valence-corrected chi connectivity index (χ4v) is 3.29. The Labute approximate surface area is 142 Å². The standard InChI is InChI=1S/C18H25N5O/c1-3-16-9-17(21-20-16)18(24)23-8-6-15(13-23)12-22(2)11-14-5-4-7-19-10-14/h4-5,7,9-10,15H,3,6,8,11-13H2,1-2H3,(H,20,21)/t15-/m0/s1. The molecule has 0 saturated carbocycles. The second kappa shape index (κ2) is 7.57. The van der Waals surface area contributed by atoms with Gasteiger partial charge in [0.1, 0.15) is 5.69 Å². The third-order valence-corrected chi connectivity index (χ3v) is 4.55. The first-order valence-corrected chi connectivity index (χ1v) is 8.56. The van der Waals surface area contributed by atoms with Gasteiger partial charge in [0, 0.05) is 44.3 Å². The van der Waals surface area contributed by atoms with Gasteiger partial charge in [-0.25, -0.2) is 0 Å². The van der Waals surface area contributed by atoms with Crippen molar-refractivity contribution < 1.29 is 4.79 Å². The van der Waals surface area contributed by atoms with Crippen LogP contribution in [0.1, 0.15) is 35.1 Å². The minimum atomic E-state index is 0.0448. The molecule has 0 spiro atoms. The Kier molecular flexibility index (Phi) is 5.25. The van der Waals surface area contributed by atoms with Crippen LogP contribution in [-0.4, -0.2) is 57.6 Å². The van der Waals surface area contributed by atoms with Crippen molar-refractivity contribution in [1.29, 1.82) is 0 Å². The number of amides is 1. The molecule has 2 aromatic heterocycles. The van der Waals surface area contributed by atoms with Crippen LogP contribution in [0.3, 0.4) is 0 Å². The van der Waals surface area contributed by atoms with E-state index in [4.69, 9.17) is 0 Å². The quantitative estimate of drug-likeness (QED) is 0.881. The zero-order chi connectivity index (χ0) is 16.9. The maximum atomic E-state index is 12.5. The van der Waals surface area contributed by atoms with Crippen LogP contribution < -0.4 is 0 Å². The Morgan fingerprint density at radius 1 is 1.50 bits per heavy atom. The van der Waals surface area contributed by atoms with Crippen LogP contribution in [0.2, 0.25) is 0 Å². The summed E-state index contributed by atoms with van der Waals surface area (Å²) in [6.45, 7) is 5.55. The fraction of sp³-hybridized carbons (Fsp3) is 0.500. The second-order valence-corrected chi connectivity index (χ2v) is 6.60. The number of carbonyl (C=O) groups is 1. The molecule has 1 atom stereocenters. The van der Waals surface area contributed by atoms with Crippen LogP contribution in [0, 0.1) is 5.92 Å². The number of likely N-dealkylation sites (tertiary alicyclic amines) is 1. The van der Waals surface area contributed by atoms with Gasteiger partial charge in [0.2, 0.25) is 0 Å². The number of hydrogen-bond donors (Lipinski definition) is 1. The van der Waals surface area contributed by atoms with Crippen molar-refractivity contribution in [1.82, 2.24) is 25.0 Å². The lowest BCUT2D eigenvalue weighted by atomic mass is 10.1. The number of H-pyrrole nitrogens is 1. The van der Waals surface area contributed by atoms with Crippen molar-refractivity contribution in [3.8, 4) is 0 Å². The number of aryl methyl sites for hydroxylation is 1. The van der Waals surface area contributed by atoms with Crippen LogP contribution in [-0.2, 0) is 13.0 Å². The normalized spacial score (nSPS) is 17.6. The summed E-state index contributed by atoms with van der Waals surface area (Å²) in [5.74, 6) is 0.559. The maximum Gasteiger partial charge on any atom is 0.274 e. The Morgan fingerprint density at radius 2 is 2.38 bits per heavy atom. The summed E-state index contributed by atoms with van der Waals surface area (Å²) < 4.78 is 0. The van der Waals surface area contributed by atoms with E-state index in [1.54, 1.807) is 6.20 Å². The summed E-state index contributed by atoms with van der Waals surface area (Å²) in [7, 11) is 2.12. The number of pyridine rings is 1. The van der Waals surface area contributed by atoms with Gasteiger partial charge in [0.25, 0.3) is 5.91 Å². The smallest absolute Gasteiger partial charge is 0.274 e. The molecule has 2 aromatic rings. The van der Waals surface area contributed by atoms with Crippen molar-refractivity contribution in [2.45, 2.75) is 26.3 Å². The van der Waals surface area contributed by atoms with Crippen molar-refractivity contribution in [3.63, 3.8) is 0 Å². The average molecular weight is 327 g/mol. The van der Waals surface area contributed by atoms with Gasteiger partial charge in [-0.15, -0.1) is 0 Å². The van der Waals surface area contributed by atoms with Crippen LogP contribution in [0.25, 0.3) is 0 Å². The highest BCUT2D eigenvalue weighted by Crippen LogP contribution is 2.20. The van der Waals surface area contributed by atoms with Gasteiger partial charge in [0.15, 0.2) is 0 Å². The first-order chi connectivity index (χ1) is 11.7. The zero-order valence-electron chi connectivity index (χ0n) is 14.4. The molecule has 0 bridgehead atoms. The molecule has 0 aromatic carbocycles. The lowest BCUT2D eigenvalue weighted by Gasteiger charge is -2.21. The van der Waals surface area contributed by atoms with Crippen LogP contribution in [0.5, 0.6) is 0 Å². The number of nitrogens with one attached hydrogen (secondary N) is 1. The van der Waals surface area contributed by atoms with E-state index in [-0.39, 0.29) is 5.91 Å². The van der Waals surface area contributed by atoms with Crippen molar-refractivity contribution >= 4 is 5.91 Å². The highest BCUT2D eigenvalue weighted by Gasteiger charge is 2.28. The van der Waals surface area contributed by atoms with Gasteiger partial charge >= 0.3 is 0 Å². The molecule has 0 radical (unpaired) electrons. The summed E-state index contributed by atoms with van der Waals surface area (Å²) in [6, 6.07) is 5.93. The average Bonchev–Trinajstić information content (AvgIpc) is 3.24. The molecule has 128 valence electrons. The van der Waals surface area contributed by atoms with E-state index in [1.165, 1.54) is 5.56 Å². The number of carbonyl (C=O) groups excluding carboxylic acids is 1. The van der Waals surface area contributed by atoms with Gasteiger partial charge < -0.3 is 9.80 Å². The summed E-state index contributed by atoms with van der Waals surface area (Å²) in [4.78, 5) is 20.9. The molecule has 6 nitrogen and oxygen atoms in total. The molecule has 1 fully saturated rings. The number of aromatic amines is 1. The Morgan fingerprint density at radius 3 is 3.08 bits per heavy atom. The maximum absolute atomic E-state index is 12.5. The summed E-state index contributed by atoms with van der Waals surface area (Å²) in [5, 5.41) is 7.06. The SMILES string of the molecule is CCc1cc(C(=O)N2CC[C@@H](CN(C)Cc3cccnc3)C2)n[nH]1. The monoisotopic (exact) mass is 327 g/mol. The van der Waals surface area contributed by atoms with E-state index >= 15 is 0 Å². The molecule has 6 heteroatoms. The minimum absolute atomic E-state index is 0.0448. The van der Waals surface area contributed by atoms with E-state index in [0.717, 1.165) is 44.7 Å². The molecule has 3 heterocycles. The van der Waals surface area contributed by atoms with Crippen LogP contribution in [0.4, 0.5) is 0 Å². The highest BCUT2D eigenvalue weighted by molar-refractivity contribution is 5.92. The van der Waals surface area contributed by atoms with Crippen molar-refractivity contribution in [2.24, 2.45) is 5.92 Å². The third kappa shape index (κ3) is 4.00. The molecule has 1 aliphatic rings. The molecule has 1 N–H and O–H groups in total. The van der Waals surface area contributed by atoms with Gasteiger partial charge in [-0.2, -0.15) is 5.10 Å². The fourth-order valence-electron chi connectivity index (χ4n) is 3.29. The van der Waals surface area contributed by atoms with E-state index in [2.05, 4.69) is 33.2 Å². The Bertz CT molecular complexity index is 669. The number of aromatic nitrogens is 3. The van der Waals surface area contributed by atoms with E-state index in [9.17, 15) is 4.79 Å². The lowest BCUT2D eigenvalue weighted by molar-refractivity contribution is 0.0778. The molecular formula is C18H25N5O. The lowest BCUT2D eigenvalue weighted by Crippen LogP contribution is -2.31. The largest absolute Gasteiger partial charge is 0.337 e. The molecule has 1 amide bonds. The first-order valence-electron chi connectivity index (χ1n) is 8.56. The molecule has 1 aliphatic heterocycles. The minimum Gasteiger partial charge on any atom is -0.337 e.